The molecule has 0 aromatic carbocycles. The lowest BCUT2D eigenvalue weighted by Gasteiger charge is -2.23. The third-order valence-corrected chi connectivity index (χ3v) is 7.14. The van der Waals surface area contributed by atoms with Crippen LogP contribution in [0.1, 0.15) is 50.1 Å². The van der Waals surface area contributed by atoms with E-state index in [2.05, 4.69) is 19.9 Å². The molecule has 0 radical (unpaired) electrons. The molecular formula is C24H33F2N7O2S2. The lowest BCUT2D eigenvalue weighted by atomic mass is 10.0. The van der Waals surface area contributed by atoms with Crippen molar-refractivity contribution in [1.82, 2.24) is 34.1 Å². The Morgan fingerprint density at radius 3 is 2.51 bits per heavy atom. The van der Waals surface area contributed by atoms with Gasteiger partial charge in [0.25, 0.3) is 6.43 Å². The molecule has 1 aliphatic heterocycles. The van der Waals surface area contributed by atoms with Crippen molar-refractivity contribution in [3.05, 3.63) is 35.1 Å². The van der Waals surface area contributed by atoms with Gasteiger partial charge in [0.15, 0.2) is 10.0 Å². The first-order valence-electron chi connectivity index (χ1n) is 12.0. The lowest BCUT2D eigenvalue weighted by Crippen LogP contribution is -2.27. The van der Waals surface area contributed by atoms with Crippen molar-refractivity contribution in [3.8, 4) is 10.7 Å². The summed E-state index contributed by atoms with van der Waals surface area (Å²) >= 11 is 2.15. The molecule has 2 N–H and O–H groups in total. The van der Waals surface area contributed by atoms with Crippen molar-refractivity contribution in [3.63, 3.8) is 0 Å². The van der Waals surface area contributed by atoms with E-state index in [-0.39, 0.29) is 5.01 Å². The minimum atomic E-state index is -2.68. The third kappa shape index (κ3) is 7.54. The molecule has 1 amide bonds. The molecule has 3 aromatic rings. The monoisotopic (exact) mass is 553 g/mol. The van der Waals surface area contributed by atoms with Crippen LogP contribution in [-0.2, 0) is 4.79 Å². The first kappa shape index (κ1) is 29.1. The van der Waals surface area contributed by atoms with E-state index >= 15 is 0 Å². The number of fused-ring (bicyclic) bond motifs is 1. The second-order valence-electron chi connectivity index (χ2n) is 8.83. The molecule has 0 saturated heterocycles. The zero-order valence-corrected chi connectivity index (χ0v) is 23.2. The predicted molar refractivity (Wildman–Crippen MR) is 143 cm³/mol. The summed E-state index contributed by atoms with van der Waals surface area (Å²) in [6, 6.07) is 1.99. The molecule has 13 heteroatoms. The van der Waals surface area contributed by atoms with Crippen LogP contribution in [0.4, 0.5) is 8.78 Å². The summed E-state index contributed by atoms with van der Waals surface area (Å²) in [7, 11) is 6.00. The van der Waals surface area contributed by atoms with E-state index in [1.54, 1.807) is 11.1 Å². The second-order valence-corrected chi connectivity index (χ2v) is 10.7. The van der Waals surface area contributed by atoms with E-state index in [1.807, 2.05) is 62.6 Å². The number of alkyl halides is 2. The standard InChI is InChI=1S/C19H18F2N6O2S2.C3H9N.C2H6/c20-15(21)18-24-23-17(30-18)14-8-22-16-13(11-1-5-26(10-28)6-2-11)7-12(9-27(14)16)31-25-19(29)3-4-19;1-4(2)3;1-2/h1,7-10,15,25,29H,2-6H2;1-3H3;1-2H3. The minimum Gasteiger partial charge on any atom is -0.375 e. The van der Waals surface area contributed by atoms with Gasteiger partial charge < -0.3 is 14.9 Å². The maximum absolute atomic E-state index is 13.0. The highest BCUT2D eigenvalue weighted by Crippen LogP contribution is 2.37. The third-order valence-electron chi connectivity index (χ3n) is 5.25. The van der Waals surface area contributed by atoms with Crippen LogP contribution in [-0.4, -0.2) is 80.9 Å². The summed E-state index contributed by atoms with van der Waals surface area (Å²) < 4.78 is 30.9. The molecule has 0 atom stereocenters. The fourth-order valence-corrected chi connectivity index (χ4v) is 4.89. The van der Waals surface area contributed by atoms with Crippen LogP contribution < -0.4 is 4.72 Å². The summed E-state index contributed by atoms with van der Waals surface area (Å²) in [4.78, 5) is 20.1. The summed E-state index contributed by atoms with van der Waals surface area (Å²) in [5, 5.41) is 17.7. The Hall–Kier alpha value is -2.45. The van der Waals surface area contributed by atoms with Gasteiger partial charge in [0, 0.05) is 29.7 Å². The van der Waals surface area contributed by atoms with Crippen molar-refractivity contribution in [2.24, 2.45) is 0 Å². The Balaban J connectivity index is 0.000000580. The van der Waals surface area contributed by atoms with E-state index in [0.717, 1.165) is 33.8 Å². The van der Waals surface area contributed by atoms with E-state index in [9.17, 15) is 18.7 Å². The van der Waals surface area contributed by atoms with E-state index < -0.39 is 12.2 Å². The number of pyridine rings is 1. The molecule has 202 valence electrons. The number of hydrogen-bond donors (Lipinski definition) is 2. The Labute approximate surface area is 223 Å². The molecule has 0 unspecified atom stereocenters. The summed E-state index contributed by atoms with van der Waals surface area (Å²) in [6.45, 7) is 5.13. The van der Waals surface area contributed by atoms with Gasteiger partial charge in [-0.3, -0.25) is 9.20 Å². The zero-order valence-electron chi connectivity index (χ0n) is 21.6. The number of hydrogen-bond acceptors (Lipinski definition) is 9. The zero-order chi connectivity index (χ0) is 27.2. The van der Waals surface area contributed by atoms with Crippen LogP contribution in [0.2, 0.25) is 0 Å². The van der Waals surface area contributed by atoms with Crippen LogP contribution in [0.25, 0.3) is 21.9 Å². The van der Waals surface area contributed by atoms with E-state index in [1.165, 1.54) is 11.9 Å². The lowest BCUT2D eigenvalue weighted by molar-refractivity contribution is -0.117. The van der Waals surface area contributed by atoms with Gasteiger partial charge in [-0.2, -0.15) is 0 Å². The van der Waals surface area contributed by atoms with Crippen molar-refractivity contribution >= 4 is 40.9 Å². The van der Waals surface area contributed by atoms with Crippen molar-refractivity contribution in [1.29, 1.82) is 0 Å². The fourth-order valence-electron chi connectivity index (χ4n) is 3.34. The smallest absolute Gasteiger partial charge is 0.291 e. The van der Waals surface area contributed by atoms with Gasteiger partial charge in [-0.15, -0.1) is 10.2 Å². The summed E-state index contributed by atoms with van der Waals surface area (Å²) in [6.07, 6.45) is 5.66. The van der Waals surface area contributed by atoms with Crippen molar-refractivity contribution in [2.45, 2.75) is 50.2 Å². The molecular weight excluding hydrogens is 520 g/mol. The Kier molecular flexibility index (Phi) is 10.1. The molecule has 1 aliphatic carbocycles. The number of imidazole rings is 1. The molecule has 4 heterocycles. The average Bonchev–Trinajstić information content (AvgIpc) is 3.25. The minimum absolute atomic E-state index is 0.336. The number of carbonyl (C=O) groups excluding carboxylic acids is 1. The van der Waals surface area contributed by atoms with Gasteiger partial charge in [0.1, 0.15) is 17.1 Å². The molecule has 37 heavy (non-hydrogen) atoms. The van der Waals surface area contributed by atoms with Gasteiger partial charge in [-0.25, -0.2) is 18.5 Å². The van der Waals surface area contributed by atoms with E-state index in [4.69, 9.17) is 0 Å². The Morgan fingerprint density at radius 2 is 1.97 bits per heavy atom. The number of aromatic nitrogens is 4. The predicted octanol–water partition coefficient (Wildman–Crippen LogP) is 4.32. The van der Waals surface area contributed by atoms with Crippen LogP contribution in [0, 0.1) is 0 Å². The van der Waals surface area contributed by atoms with Crippen LogP contribution in [0.5, 0.6) is 0 Å². The van der Waals surface area contributed by atoms with Crippen LogP contribution >= 0.6 is 23.3 Å². The van der Waals surface area contributed by atoms with Gasteiger partial charge in [-0.1, -0.05) is 31.3 Å². The van der Waals surface area contributed by atoms with Gasteiger partial charge >= 0.3 is 0 Å². The Morgan fingerprint density at radius 1 is 1.27 bits per heavy atom. The highest BCUT2D eigenvalue weighted by atomic mass is 32.2. The molecule has 0 spiro atoms. The number of rotatable bonds is 7. The van der Waals surface area contributed by atoms with Gasteiger partial charge in [0.2, 0.25) is 6.41 Å². The quantitative estimate of drug-likeness (QED) is 0.254. The van der Waals surface area contributed by atoms with E-state index in [0.29, 0.717) is 48.7 Å². The van der Waals surface area contributed by atoms with Gasteiger partial charge in [0.05, 0.1) is 6.20 Å². The fraction of sp³-hybridized carbons (Fsp3) is 0.500. The molecule has 1 fully saturated rings. The number of nitrogens with one attached hydrogen (secondary N) is 1. The van der Waals surface area contributed by atoms with Crippen LogP contribution in [0.15, 0.2) is 29.4 Å². The van der Waals surface area contributed by atoms with Crippen molar-refractivity contribution in [2.75, 3.05) is 34.2 Å². The van der Waals surface area contributed by atoms with Gasteiger partial charge in [-0.05, 0) is 64.0 Å². The maximum Gasteiger partial charge on any atom is 0.291 e. The average molecular weight is 554 g/mol. The largest absolute Gasteiger partial charge is 0.375 e. The summed E-state index contributed by atoms with van der Waals surface area (Å²) in [5.41, 5.74) is 2.34. The molecule has 0 bridgehead atoms. The second kappa shape index (κ2) is 12.9. The number of amides is 1. The van der Waals surface area contributed by atoms with Crippen molar-refractivity contribution < 1.29 is 18.7 Å². The topological polar surface area (TPSA) is 98.9 Å². The molecule has 1 saturated carbocycles. The molecule has 5 rings (SSSR count). The molecule has 3 aromatic heterocycles. The number of halogens is 2. The first-order chi connectivity index (χ1) is 17.7. The SMILES string of the molecule is CC.CN(C)C.O=CN1CC=C(c2cc(SNC3(O)CC3)cn3c(-c4nnc(C(F)F)s4)cnc23)CC1. The highest BCUT2D eigenvalue weighted by molar-refractivity contribution is 7.97. The van der Waals surface area contributed by atoms with Crippen LogP contribution in [0.3, 0.4) is 0 Å². The number of carbonyl (C=O) groups is 1. The highest BCUT2D eigenvalue weighted by Gasteiger charge is 2.40. The summed E-state index contributed by atoms with van der Waals surface area (Å²) in [5.74, 6) is 0. The molecule has 2 aliphatic rings. The number of nitrogens with zero attached hydrogens (tertiary/aromatic N) is 6. The maximum atomic E-state index is 13.0. The number of aliphatic hydroxyl groups is 1. The Bertz CT molecular complexity index is 1220. The normalized spacial score (nSPS) is 16.2. The first-order valence-corrected chi connectivity index (χ1v) is 13.6. The molecule has 9 nitrogen and oxygen atoms in total.